The number of phenols is 2. The second-order valence-corrected chi connectivity index (χ2v) is 6.53. The van der Waals surface area contributed by atoms with Gasteiger partial charge in [0.25, 0.3) is 0 Å². The van der Waals surface area contributed by atoms with Crippen molar-refractivity contribution in [1.29, 1.82) is 0 Å². The molecule has 5 heteroatoms. The fraction of sp³-hybridized carbons (Fsp3) is 0.125. The van der Waals surface area contributed by atoms with E-state index in [4.69, 9.17) is 5.73 Å². The van der Waals surface area contributed by atoms with E-state index in [2.05, 4.69) is 4.33 Å². The Hall–Kier alpha value is -1.78. The van der Waals surface area contributed by atoms with Crippen LogP contribution < -0.4 is 10.1 Å². The fourth-order valence-corrected chi connectivity index (χ4v) is 3.90. The third kappa shape index (κ3) is 4.62. The summed E-state index contributed by atoms with van der Waals surface area (Å²) in [6.45, 7) is 1.22. The van der Waals surface area contributed by atoms with Crippen molar-refractivity contribution in [2.24, 2.45) is 5.73 Å². The number of hydrogen-bond acceptors (Lipinski definition) is 4. The zero-order valence-corrected chi connectivity index (χ0v) is 12.7. The molecule has 2 rings (SSSR count). The molecule has 0 aliphatic heterocycles. The fourth-order valence-electron chi connectivity index (χ4n) is 1.69. The van der Waals surface area contributed by atoms with Gasteiger partial charge in [-0.05, 0) is 0 Å². The minimum absolute atomic E-state index is 0.251. The molecule has 0 fully saturated rings. The first kappa shape index (κ1) is 15.6. The Morgan fingerprint density at radius 3 is 1.81 bits per heavy atom. The van der Waals surface area contributed by atoms with Crippen LogP contribution in [-0.2, 0) is 13.2 Å². The Kier molecular flexibility index (Phi) is 5.84. The Bertz CT molecular complexity index is 639. The van der Waals surface area contributed by atoms with Gasteiger partial charge in [0.2, 0.25) is 0 Å². The molecule has 112 valence electrons. The minimum atomic E-state index is -1.28. The third-order valence-electron chi connectivity index (χ3n) is 2.74. The summed E-state index contributed by atoms with van der Waals surface area (Å²) in [5.74, 6) is 0.502. The van der Waals surface area contributed by atoms with Gasteiger partial charge < -0.3 is 0 Å². The van der Waals surface area contributed by atoms with E-state index >= 15 is 0 Å². The second kappa shape index (κ2) is 7.86. The molecule has 0 aliphatic carbocycles. The van der Waals surface area contributed by atoms with Gasteiger partial charge in [-0.25, -0.2) is 0 Å². The summed E-state index contributed by atoms with van der Waals surface area (Å²) in [6.07, 6.45) is 0. The van der Waals surface area contributed by atoms with E-state index in [1.807, 2.05) is 34.1 Å². The van der Waals surface area contributed by atoms with Crippen LogP contribution in [0.25, 0.3) is 0 Å². The summed E-state index contributed by atoms with van der Waals surface area (Å²) >= 11 is -1.28. The van der Waals surface area contributed by atoms with Crippen LogP contribution in [0.5, 0.6) is 11.5 Å². The molecule has 0 atom stereocenters. The van der Waals surface area contributed by atoms with E-state index in [0.717, 1.165) is 11.1 Å². The van der Waals surface area contributed by atoms with E-state index in [-0.39, 0.29) is 11.5 Å². The number of nitrogens with two attached hydrogens (primary N) is 1. The van der Waals surface area contributed by atoms with Crippen molar-refractivity contribution >= 4 is 9.84 Å². The molecule has 21 heavy (non-hydrogen) atoms. The van der Waals surface area contributed by atoms with Crippen LogP contribution in [0.15, 0.2) is 48.5 Å². The van der Waals surface area contributed by atoms with Crippen molar-refractivity contribution in [3.8, 4) is 11.5 Å². The molecule has 0 aliphatic rings. The zero-order chi connectivity index (χ0) is 15.1. The number of phenolic OH excluding ortho intramolecular Hbond substituents is 2. The molecule has 0 bridgehead atoms. The molecule has 0 amide bonds. The molecule has 0 unspecified atom stereocenters. The predicted octanol–water partition coefficient (Wildman–Crippen LogP) is 1.18. The number of hydrogen-bond donors (Lipinski definition) is 4. The quantitative estimate of drug-likeness (QED) is 0.622. The second-order valence-electron chi connectivity index (χ2n) is 4.35. The Balaban J connectivity index is 2.44. The standard InChI is InChI=1S/2C7H6O.C2H7N2.Mn/c2*1-6-4-2-3-5-7(6)8;3-1-2-4;/h2*1-5,8H;3H,1-2,4H2;/q;;-1;+1. The van der Waals surface area contributed by atoms with Crippen molar-refractivity contribution in [2.45, 2.75) is 0 Å². The zero-order valence-electron chi connectivity index (χ0n) is 11.5. The Morgan fingerprint density at radius 2 is 1.38 bits per heavy atom. The van der Waals surface area contributed by atoms with E-state index in [1.54, 1.807) is 24.3 Å². The van der Waals surface area contributed by atoms with Crippen molar-refractivity contribution in [2.75, 3.05) is 13.1 Å². The molecular weight excluding hydrogens is 307 g/mol. The van der Waals surface area contributed by atoms with E-state index in [0.29, 0.717) is 13.1 Å². The number of benzene rings is 2. The van der Waals surface area contributed by atoms with Gasteiger partial charge in [0.15, 0.2) is 0 Å². The summed E-state index contributed by atoms with van der Waals surface area (Å²) in [6, 6.07) is 14.4. The van der Waals surface area contributed by atoms with Gasteiger partial charge in [-0.2, -0.15) is 0 Å². The SMILES string of the molecule is NCC[NH]/[Mn](=[CH]\c1ccccc1O)=[CH]/c1ccccc1O. The van der Waals surface area contributed by atoms with Crippen LogP contribution in [0.2, 0.25) is 0 Å². The Labute approximate surface area is 128 Å². The van der Waals surface area contributed by atoms with E-state index in [9.17, 15) is 10.2 Å². The number of aromatic hydroxyl groups is 2. The average Bonchev–Trinajstić information content (AvgIpc) is 2.49. The van der Waals surface area contributed by atoms with Crippen LogP contribution in [0, 0.1) is 0 Å². The molecular formula is C16H19MnN2O2. The number of rotatable bonds is 5. The van der Waals surface area contributed by atoms with Gasteiger partial charge >= 0.3 is 128 Å². The molecule has 0 heterocycles. The van der Waals surface area contributed by atoms with Gasteiger partial charge in [0.1, 0.15) is 0 Å². The summed E-state index contributed by atoms with van der Waals surface area (Å²) in [4.78, 5) is 4.01. The van der Waals surface area contributed by atoms with Crippen LogP contribution >= 0.6 is 0 Å². The molecule has 0 radical (unpaired) electrons. The first-order valence-corrected chi connectivity index (χ1v) is 8.52. The maximum absolute atomic E-state index is 9.88. The summed E-state index contributed by atoms with van der Waals surface area (Å²) in [5.41, 5.74) is 7.11. The van der Waals surface area contributed by atoms with Crippen LogP contribution in [0.1, 0.15) is 11.1 Å². The normalized spacial score (nSPS) is 12.6. The molecule has 0 spiro atoms. The maximum atomic E-state index is 9.88. The van der Waals surface area contributed by atoms with E-state index < -0.39 is 13.2 Å². The molecule has 5 N–H and O–H groups in total. The van der Waals surface area contributed by atoms with Gasteiger partial charge in [0, 0.05) is 0 Å². The third-order valence-corrected chi connectivity index (χ3v) is 4.98. The molecule has 0 saturated heterocycles. The van der Waals surface area contributed by atoms with Crippen molar-refractivity contribution in [3.05, 3.63) is 59.7 Å². The first-order chi connectivity index (χ1) is 10.2. The summed E-state index contributed by atoms with van der Waals surface area (Å²) in [7, 11) is 0. The first-order valence-electron chi connectivity index (χ1n) is 6.57. The molecule has 4 nitrogen and oxygen atoms in total. The average molecular weight is 326 g/mol. The van der Waals surface area contributed by atoms with Crippen LogP contribution in [0.4, 0.5) is 0 Å². The molecule has 2 aromatic rings. The predicted molar refractivity (Wildman–Crippen MR) is 83.6 cm³/mol. The molecule has 2 aromatic carbocycles. The van der Waals surface area contributed by atoms with Crippen molar-refractivity contribution in [3.63, 3.8) is 0 Å². The van der Waals surface area contributed by atoms with Gasteiger partial charge in [0.05, 0.1) is 0 Å². The topological polar surface area (TPSA) is 78.5 Å². The molecule has 0 aromatic heterocycles. The monoisotopic (exact) mass is 326 g/mol. The van der Waals surface area contributed by atoms with E-state index in [1.165, 1.54) is 0 Å². The van der Waals surface area contributed by atoms with Crippen LogP contribution in [0.3, 0.4) is 0 Å². The molecule has 0 saturated carbocycles. The number of para-hydroxylation sites is 2. The summed E-state index contributed by atoms with van der Waals surface area (Å²) in [5, 5.41) is 19.8. The van der Waals surface area contributed by atoms with Crippen molar-refractivity contribution < 1.29 is 23.5 Å². The van der Waals surface area contributed by atoms with Crippen molar-refractivity contribution in [1.82, 2.24) is 4.33 Å². The van der Waals surface area contributed by atoms with Gasteiger partial charge in [-0.1, -0.05) is 0 Å². The Morgan fingerprint density at radius 1 is 0.905 bits per heavy atom. The summed E-state index contributed by atoms with van der Waals surface area (Å²) < 4.78 is 3.37. The number of nitrogens with one attached hydrogen (secondary N) is 1. The van der Waals surface area contributed by atoms with Gasteiger partial charge in [-0.15, -0.1) is 0 Å². The van der Waals surface area contributed by atoms with Crippen LogP contribution in [-0.4, -0.2) is 33.1 Å². The van der Waals surface area contributed by atoms with Gasteiger partial charge in [-0.3, -0.25) is 0 Å².